The monoisotopic (exact) mass is 335 g/mol. The fraction of sp³-hybridized carbons (Fsp3) is 0.150. The van der Waals surface area contributed by atoms with E-state index in [-0.39, 0.29) is 11.7 Å². The average molecular weight is 335 g/mol. The molecule has 1 heterocycles. The van der Waals surface area contributed by atoms with Gasteiger partial charge >= 0.3 is 0 Å². The number of aryl methyl sites for hydroxylation is 3. The zero-order valence-electron chi connectivity index (χ0n) is 14.3. The van der Waals surface area contributed by atoms with Crippen LogP contribution in [0.5, 0.6) is 0 Å². The number of anilines is 1. The number of hydrogen-bond donors (Lipinski definition) is 1. The molecule has 0 aliphatic carbocycles. The topological polar surface area (TPSA) is 54.9 Å². The molecule has 0 atom stereocenters. The number of rotatable bonds is 3. The van der Waals surface area contributed by atoms with Crippen LogP contribution in [0.4, 0.5) is 10.1 Å². The number of amides is 1. The standard InChI is InChI=1S/C20H18FN3O/c1-12-8-13(2)10-17(9-12)24-20(25)18-11-22-19(23-14(18)3)15-4-6-16(21)7-5-15/h4-11H,1-3H3,(H,24,25). The quantitative estimate of drug-likeness (QED) is 0.769. The van der Waals surface area contributed by atoms with Crippen LogP contribution in [0, 0.1) is 26.6 Å². The van der Waals surface area contributed by atoms with E-state index in [4.69, 9.17) is 0 Å². The van der Waals surface area contributed by atoms with E-state index in [0.29, 0.717) is 22.6 Å². The molecule has 3 rings (SSSR count). The van der Waals surface area contributed by atoms with Gasteiger partial charge in [-0.05, 0) is 68.3 Å². The highest BCUT2D eigenvalue weighted by Crippen LogP contribution is 2.19. The third-order valence-electron chi connectivity index (χ3n) is 3.81. The van der Waals surface area contributed by atoms with Crippen molar-refractivity contribution in [3.05, 3.63) is 76.9 Å². The summed E-state index contributed by atoms with van der Waals surface area (Å²) in [6.45, 7) is 5.72. The lowest BCUT2D eigenvalue weighted by atomic mass is 10.1. The van der Waals surface area contributed by atoms with Crippen molar-refractivity contribution < 1.29 is 9.18 Å². The van der Waals surface area contributed by atoms with Gasteiger partial charge in [-0.15, -0.1) is 0 Å². The largest absolute Gasteiger partial charge is 0.322 e. The number of halogens is 1. The van der Waals surface area contributed by atoms with Gasteiger partial charge in [0.15, 0.2) is 5.82 Å². The molecule has 0 radical (unpaired) electrons. The molecule has 2 aromatic carbocycles. The first-order chi connectivity index (χ1) is 11.9. The van der Waals surface area contributed by atoms with Gasteiger partial charge in [0.05, 0.1) is 11.3 Å². The van der Waals surface area contributed by atoms with Crippen LogP contribution >= 0.6 is 0 Å². The summed E-state index contributed by atoms with van der Waals surface area (Å²) in [5.74, 6) is -0.112. The summed E-state index contributed by atoms with van der Waals surface area (Å²) in [6.07, 6.45) is 1.50. The van der Waals surface area contributed by atoms with Crippen molar-refractivity contribution in [3.8, 4) is 11.4 Å². The Morgan fingerprint density at radius 1 is 1.00 bits per heavy atom. The highest BCUT2D eigenvalue weighted by atomic mass is 19.1. The second kappa shape index (κ2) is 6.81. The molecule has 1 amide bonds. The fourth-order valence-electron chi connectivity index (χ4n) is 2.67. The maximum atomic E-state index is 13.0. The van der Waals surface area contributed by atoms with Gasteiger partial charge in [-0.1, -0.05) is 6.07 Å². The predicted octanol–water partition coefficient (Wildman–Crippen LogP) is 4.46. The molecule has 0 spiro atoms. The maximum absolute atomic E-state index is 13.0. The van der Waals surface area contributed by atoms with Gasteiger partial charge in [0.2, 0.25) is 0 Å². The van der Waals surface area contributed by atoms with Gasteiger partial charge in [0.1, 0.15) is 5.82 Å². The second-order valence-electron chi connectivity index (χ2n) is 6.03. The van der Waals surface area contributed by atoms with Crippen LogP contribution in [-0.2, 0) is 0 Å². The molecule has 5 heteroatoms. The van der Waals surface area contributed by atoms with E-state index in [1.807, 2.05) is 32.0 Å². The van der Waals surface area contributed by atoms with Crippen molar-refractivity contribution in [2.45, 2.75) is 20.8 Å². The summed E-state index contributed by atoms with van der Waals surface area (Å²) < 4.78 is 13.0. The lowest BCUT2D eigenvalue weighted by molar-refractivity contribution is 0.102. The van der Waals surface area contributed by atoms with Crippen LogP contribution in [0.15, 0.2) is 48.7 Å². The number of nitrogens with zero attached hydrogens (tertiary/aromatic N) is 2. The zero-order chi connectivity index (χ0) is 18.0. The molecule has 0 unspecified atom stereocenters. The number of hydrogen-bond acceptors (Lipinski definition) is 3. The van der Waals surface area contributed by atoms with Crippen LogP contribution < -0.4 is 5.32 Å². The summed E-state index contributed by atoms with van der Waals surface area (Å²) >= 11 is 0. The van der Waals surface area contributed by atoms with Crippen LogP contribution in [0.3, 0.4) is 0 Å². The van der Waals surface area contributed by atoms with Crippen LogP contribution in [0.2, 0.25) is 0 Å². The highest BCUT2D eigenvalue weighted by molar-refractivity contribution is 6.04. The Bertz CT molecular complexity index is 916. The van der Waals surface area contributed by atoms with Crippen LogP contribution in [0.25, 0.3) is 11.4 Å². The van der Waals surface area contributed by atoms with Crippen molar-refractivity contribution >= 4 is 11.6 Å². The molecule has 0 saturated heterocycles. The van der Waals surface area contributed by atoms with E-state index < -0.39 is 0 Å². The van der Waals surface area contributed by atoms with E-state index >= 15 is 0 Å². The smallest absolute Gasteiger partial charge is 0.259 e. The van der Waals surface area contributed by atoms with Gasteiger partial charge in [0, 0.05) is 17.4 Å². The number of nitrogens with one attached hydrogen (secondary N) is 1. The number of carbonyl (C=O) groups excluding carboxylic acids is 1. The first-order valence-electron chi connectivity index (χ1n) is 7.91. The minimum absolute atomic E-state index is 0.256. The van der Waals surface area contributed by atoms with Gasteiger partial charge < -0.3 is 5.32 Å². The lowest BCUT2D eigenvalue weighted by Gasteiger charge is -2.10. The van der Waals surface area contributed by atoms with Gasteiger partial charge in [-0.25, -0.2) is 14.4 Å². The molecule has 0 aliphatic heterocycles. The van der Waals surface area contributed by atoms with Crippen LogP contribution in [-0.4, -0.2) is 15.9 Å². The summed E-state index contributed by atoms with van der Waals surface area (Å²) in [5, 5.41) is 2.88. The summed E-state index contributed by atoms with van der Waals surface area (Å²) in [5.41, 5.74) is 4.57. The van der Waals surface area contributed by atoms with Crippen molar-refractivity contribution in [1.82, 2.24) is 9.97 Å². The molecular weight excluding hydrogens is 317 g/mol. The Morgan fingerprint density at radius 3 is 2.24 bits per heavy atom. The average Bonchev–Trinajstić information content (AvgIpc) is 2.54. The number of carbonyl (C=O) groups is 1. The van der Waals surface area contributed by atoms with E-state index in [1.54, 1.807) is 19.1 Å². The highest BCUT2D eigenvalue weighted by Gasteiger charge is 2.13. The molecule has 0 saturated carbocycles. The minimum Gasteiger partial charge on any atom is -0.322 e. The van der Waals surface area contributed by atoms with Crippen molar-refractivity contribution in [3.63, 3.8) is 0 Å². The van der Waals surface area contributed by atoms with E-state index in [2.05, 4.69) is 15.3 Å². The molecule has 4 nitrogen and oxygen atoms in total. The lowest BCUT2D eigenvalue weighted by Crippen LogP contribution is -2.15. The molecule has 1 N–H and O–H groups in total. The summed E-state index contributed by atoms with van der Waals surface area (Å²) in [6, 6.07) is 11.8. The van der Waals surface area contributed by atoms with Crippen molar-refractivity contribution in [2.75, 3.05) is 5.32 Å². The molecule has 3 aromatic rings. The zero-order valence-corrected chi connectivity index (χ0v) is 14.3. The van der Waals surface area contributed by atoms with Gasteiger partial charge in [0.25, 0.3) is 5.91 Å². The van der Waals surface area contributed by atoms with Crippen molar-refractivity contribution in [2.24, 2.45) is 0 Å². The molecule has 0 aliphatic rings. The third kappa shape index (κ3) is 3.88. The number of benzene rings is 2. The van der Waals surface area contributed by atoms with Gasteiger partial charge in [-0.2, -0.15) is 0 Å². The second-order valence-corrected chi connectivity index (χ2v) is 6.03. The van der Waals surface area contributed by atoms with Crippen LogP contribution in [0.1, 0.15) is 27.2 Å². The summed E-state index contributed by atoms with van der Waals surface area (Å²) in [4.78, 5) is 21.1. The predicted molar refractivity (Wildman–Crippen MR) is 96.0 cm³/mol. The molecule has 126 valence electrons. The first-order valence-corrected chi connectivity index (χ1v) is 7.91. The van der Waals surface area contributed by atoms with Gasteiger partial charge in [-0.3, -0.25) is 4.79 Å². The molecular formula is C20H18FN3O. The van der Waals surface area contributed by atoms with E-state index in [0.717, 1.165) is 16.8 Å². The summed E-state index contributed by atoms with van der Waals surface area (Å²) in [7, 11) is 0. The Morgan fingerprint density at radius 2 is 1.64 bits per heavy atom. The Labute approximate surface area is 145 Å². The SMILES string of the molecule is Cc1cc(C)cc(NC(=O)c2cnc(-c3ccc(F)cc3)nc2C)c1. The minimum atomic E-state index is -0.315. The van der Waals surface area contributed by atoms with E-state index in [1.165, 1.54) is 18.3 Å². The maximum Gasteiger partial charge on any atom is 0.259 e. The Hall–Kier alpha value is -3.08. The molecule has 25 heavy (non-hydrogen) atoms. The fourth-order valence-corrected chi connectivity index (χ4v) is 2.67. The Balaban J connectivity index is 1.85. The molecule has 1 aromatic heterocycles. The number of aromatic nitrogens is 2. The molecule has 0 fully saturated rings. The third-order valence-corrected chi connectivity index (χ3v) is 3.81. The first kappa shape index (κ1) is 16.8. The molecule has 0 bridgehead atoms. The normalized spacial score (nSPS) is 10.6. The Kier molecular flexibility index (Phi) is 4.57. The van der Waals surface area contributed by atoms with E-state index in [9.17, 15) is 9.18 Å². The van der Waals surface area contributed by atoms with Crippen molar-refractivity contribution in [1.29, 1.82) is 0 Å².